The number of sulfone groups is 1. The lowest BCUT2D eigenvalue weighted by molar-refractivity contribution is -0.117. The Morgan fingerprint density at radius 3 is 2.87 bits per heavy atom. The molecule has 1 atom stereocenters. The highest BCUT2D eigenvalue weighted by Crippen LogP contribution is 2.18. The molecule has 23 heavy (non-hydrogen) atoms. The van der Waals surface area contributed by atoms with E-state index in [-0.39, 0.29) is 30.0 Å². The van der Waals surface area contributed by atoms with Crippen molar-refractivity contribution < 1.29 is 17.9 Å². The monoisotopic (exact) mass is 360 g/mol. The van der Waals surface area contributed by atoms with Gasteiger partial charge in [0.15, 0.2) is 9.84 Å². The Kier molecular flexibility index (Phi) is 6.41. The lowest BCUT2D eigenvalue weighted by Crippen LogP contribution is -2.43. The van der Waals surface area contributed by atoms with Crippen LogP contribution in [-0.2, 0) is 19.4 Å². The fraction of sp³-hybridized carbons (Fsp3) is 0.533. The van der Waals surface area contributed by atoms with Gasteiger partial charge in [0.05, 0.1) is 24.7 Å². The number of carbonyl (C=O) groups excluding carboxylic acids is 1. The van der Waals surface area contributed by atoms with Crippen LogP contribution < -0.4 is 5.32 Å². The Morgan fingerprint density at radius 2 is 2.26 bits per heavy atom. The molecule has 1 aromatic carbocycles. The lowest BCUT2D eigenvalue weighted by Gasteiger charge is -2.27. The molecule has 0 bridgehead atoms. The summed E-state index contributed by atoms with van der Waals surface area (Å²) in [5, 5.41) is 3.32. The first kappa shape index (κ1) is 18.2. The molecular formula is C15H21ClN2O4S. The van der Waals surface area contributed by atoms with Gasteiger partial charge in [-0.15, -0.1) is 0 Å². The highest BCUT2D eigenvalue weighted by Gasteiger charge is 2.32. The summed E-state index contributed by atoms with van der Waals surface area (Å²) in [5.74, 6) is 0.0748. The fourth-order valence-electron chi connectivity index (χ4n) is 2.61. The minimum absolute atomic E-state index is 0.0984. The van der Waals surface area contributed by atoms with Crippen LogP contribution in [-0.4, -0.2) is 63.6 Å². The quantitative estimate of drug-likeness (QED) is 0.795. The van der Waals surface area contributed by atoms with Crippen LogP contribution in [0.2, 0.25) is 5.02 Å². The Hall–Kier alpha value is -1.15. The molecule has 6 nitrogen and oxygen atoms in total. The van der Waals surface area contributed by atoms with Crippen LogP contribution >= 0.6 is 11.6 Å². The zero-order valence-electron chi connectivity index (χ0n) is 13.0. The average molecular weight is 361 g/mol. The van der Waals surface area contributed by atoms with Crippen molar-refractivity contribution >= 4 is 33.0 Å². The number of nitrogens with zero attached hydrogens (tertiary/aromatic N) is 1. The first-order chi connectivity index (χ1) is 10.9. The van der Waals surface area contributed by atoms with Gasteiger partial charge < -0.3 is 10.1 Å². The molecule has 0 aliphatic carbocycles. The number of halogens is 1. The van der Waals surface area contributed by atoms with E-state index in [4.69, 9.17) is 16.3 Å². The smallest absolute Gasteiger partial charge is 0.238 e. The Balaban J connectivity index is 1.98. The van der Waals surface area contributed by atoms with Gasteiger partial charge in [0.1, 0.15) is 0 Å². The van der Waals surface area contributed by atoms with Crippen molar-refractivity contribution in [3.8, 4) is 0 Å². The van der Waals surface area contributed by atoms with Gasteiger partial charge in [-0.05, 0) is 24.6 Å². The van der Waals surface area contributed by atoms with E-state index in [2.05, 4.69) is 5.32 Å². The molecule has 128 valence electrons. The first-order valence-electron chi connectivity index (χ1n) is 7.38. The zero-order valence-corrected chi connectivity index (χ0v) is 14.6. The molecule has 1 saturated heterocycles. The number of ether oxygens (including phenoxy) is 1. The van der Waals surface area contributed by atoms with E-state index in [9.17, 15) is 13.2 Å². The molecule has 0 saturated carbocycles. The highest BCUT2D eigenvalue weighted by atomic mass is 35.5. The van der Waals surface area contributed by atoms with Crippen LogP contribution in [0, 0.1) is 0 Å². The molecule has 1 heterocycles. The maximum Gasteiger partial charge on any atom is 0.238 e. The SMILES string of the molecule is COCCN(CC(=O)Nc1cccc(Cl)c1)C1CCS(=O)(=O)C1. The van der Waals surface area contributed by atoms with Crippen molar-refractivity contribution in [1.82, 2.24) is 4.90 Å². The molecule has 0 spiro atoms. The summed E-state index contributed by atoms with van der Waals surface area (Å²) in [6.07, 6.45) is 0.552. The summed E-state index contributed by atoms with van der Waals surface area (Å²) in [5.41, 5.74) is 0.619. The second-order valence-electron chi connectivity index (χ2n) is 5.58. The molecule has 8 heteroatoms. The molecule has 0 radical (unpaired) electrons. The summed E-state index contributed by atoms with van der Waals surface area (Å²) in [6.45, 7) is 1.08. The number of rotatable bonds is 7. The minimum Gasteiger partial charge on any atom is -0.383 e. The van der Waals surface area contributed by atoms with Gasteiger partial charge in [-0.1, -0.05) is 17.7 Å². The predicted octanol–water partition coefficient (Wildman–Crippen LogP) is 1.41. The minimum atomic E-state index is -3.00. The highest BCUT2D eigenvalue weighted by molar-refractivity contribution is 7.91. The molecule has 2 rings (SSSR count). The third kappa shape index (κ3) is 5.76. The average Bonchev–Trinajstić information content (AvgIpc) is 2.83. The van der Waals surface area contributed by atoms with Crippen LogP contribution in [0.25, 0.3) is 0 Å². The van der Waals surface area contributed by atoms with Crippen LogP contribution in [0.1, 0.15) is 6.42 Å². The van der Waals surface area contributed by atoms with Crippen LogP contribution in [0.5, 0.6) is 0 Å². The second kappa shape index (κ2) is 8.10. The normalized spacial score (nSPS) is 19.9. The van der Waals surface area contributed by atoms with Crippen molar-refractivity contribution in [2.75, 3.05) is 43.6 Å². The fourth-order valence-corrected chi connectivity index (χ4v) is 4.57. The van der Waals surface area contributed by atoms with Gasteiger partial charge >= 0.3 is 0 Å². The Labute approximate surface area is 141 Å². The van der Waals surface area contributed by atoms with E-state index < -0.39 is 9.84 Å². The number of amides is 1. The summed E-state index contributed by atoms with van der Waals surface area (Å²) in [4.78, 5) is 14.1. The number of nitrogens with one attached hydrogen (secondary N) is 1. The van der Waals surface area contributed by atoms with E-state index in [1.165, 1.54) is 0 Å². The van der Waals surface area contributed by atoms with Gasteiger partial charge in [-0.2, -0.15) is 0 Å². The van der Waals surface area contributed by atoms with Crippen molar-refractivity contribution in [3.05, 3.63) is 29.3 Å². The number of methoxy groups -OCH3 is 1. The zero-order chi connectivity index (χ0) is 16.9. The first-order valence-corrected chi connectivity index (χ1v) is 9.58. The van der Waals surface area contributed by atoms with Crippen molar-refractivity contribution in [2.24, 2.45) is 0 Å². The molecule has 1 aliphatic rings. The summed E-state index contributed by atoms with van der Waals surface area (Å²) < 4.78 is 28.4. The number of hydrogen-bond acceptors (Lipinski definition) is 5. The Morgan fingerprint density at radius 1 is 1.48 bits per heavy atom. The van der Waals surface area contributed by atoms with Crippen LogP contribution in [0.15, 0.2) is 24.3 Å². The van der Waals surface area contributed by atoms with E-state index in [0.29, 0.717) is 30.3 Å². The largest absolute Gasteiger partial charge is 0.383 e. The predicted molar refractivity (Wildman–Crippen MR) is 90.6 cm³/mol. The van der Waals surface area contributed by atoms with Gasteiger partial charge in [0.25, 0.3) is 0 Å². The third-order valence-corrected chi connectivity index (χ3v) is 5.75. The van der Waals surface area contributed by atoms with E-state index in [0.717, 1.165) is 0 Å². The van der Waals surface area contributed by atoms with E-state index in [1.54, 1.807) is 31.4 Å². The summed E-state index contributed by atoms with van der Waals surface area (Å²) >= 11 is 5.89. The standard InChI is InChI=1S/C15H21ClN2O4S/c1-22-7-6-18(14-5-8-23(20,21)11-14)10-15(19)17-13-4-2-3-12(16)9-13/h2-4,9,14H,5-8,10-11H2,1H3,(H,17,19). The van der Waals surface area contributed by atoms with Gasteiger partial charge in [-0.25, -0.2) is 8.42 Å². The molecule has 1 aromatic rings. The molecule has 1 N–H and O–H groups in total. The molecule has 1 unspecified atom stereocenters. The van der Waals surface area contributed by atoms with E-state index >= 15 is 0 Å². The number of benzene rings is 1. The molecule has 0 aromatic heterocycles. The third-order valence-electron chi connectivity index (χ3n) is 3.76. The maximum absolute atomic E-state index is 12.2. The lowest BCUT2D eigenvalue weighted by atomic mass is 10.2. The van der Waals surface area contributed by atoms with Crippen molar-refractivity contribution in [2.45, 2.75) is 12.5 Å². The van der Waals surface area contributed by atoms with Crippen molar-refractivity contribution in [1.29, 1.82) is 0 Å². The topological polar surface area (TPSA) is 75.7 Å². The Bertz CT molecular complexity index is 651. The maximum atomic E-state index is 12.2. The molecule has 1 aliphatic heterocycles. The number of carbonyl (C=O) groups is 1. The van der Waals surface area contributed by atoms with Gasteiger partial charge in [0.2, 0.25) is 5.91 Å². The number of anilines is 1. The second-order valence-corrected chi connectivity index (χ2v) is 8.24. The summed E-state index contributed by atoms with van der Waals surface area (Å²) in [6, 6.07) is 6.76. The van der Waals surface area contributed by atoms with Gasteiger partial charge in [0, 0.05) is 30.4 Å². The molecular weight excluding hydrogens is 340 g/mol. The van der Waals surface area contributed by atoms with Crippen LogP contribution in [0.4, 0.5) is 5.69 Å². The van der Waals surface area contributed by atoms with Gasteiger partial charge in [-0.3, -0.25) is 9.69 Å². The molecule has 1 fully saturated rings. The summed E-state index contributed by atoms with van der Waals surface area (Å²) in [7, 11) is -1.42. The van der Waals surface area contributed by atoms with E-state index in [1.807, 2.05) is 4.90 Å². The van der Waals surface area contributed by atoms with Crippen molar-refractivity contribution in [3.63, 3.8) is 0 Å². The number of hydrogen-bond donors (Lipinski definition) is 1. The van der Waals surface area contributed by atoms with Crippen LogP contribution in [0.3, 0.4) is 0 Å². The molecule has 1 amide bonds.